The summed E-state index contributed by atoms with van der Waals surface area (Å²) in [5.41, 5.74) is 8.24. The minimum atomic E-state index is -0.840. The molecular formula is C15H19F2N3. The Hall–Kier alpha value is -1.75. The third kappa shape index (κ3) is 2.88. The number of rotatable bonds is 5. The Morgan fingerprint density at radius 1 is 1.30 bits per heavy atom. The second-order valence-electron chi connectivity index (χ2n) is 4.75. The monoisotopic (exact) mass is 279 g/mol. The van der Waals surface area contributed by atoms with Gasteiger partial charge in [0.1, 0.15) is 0 Å². The average Bonchev–Trinajstić information content (AvgIpc) is 2.87. The Morgan fingerprint density at radius 3 is 2.70 bits per heavy atom. The highest BCUT2D eigenvalue weighted by Crippen LogP contribution is 2.20. The van der Waals surface area contributed by atoms with Gasteiger partial charge in [-0.05, 0) is 37.5 Å². The Labute approximate surface area is 117 Å². The van der Waals surface area contributed by atoms with E-state index in [2.05, 4.69) is 5.10 Å². The predicted octanol–water partition coefficient (Wildman–Crippen LogP) is 2.99. The number of hydrogen-bond donors (Lipinski definition) is 1. The van der Waals surface area contributed by atoms with Crippen LogP contribution in [0, 0.1) is 11.6 Å². The lowest BCUT2D eigenvalue weighted by Crippen LogP contribution is -2.19. The highest BCUT2D eigenvalue weighted by Gasteiger charge is 2.17. The Kier molecular flexibility index (Phi) is 4.49. The van der Waals surface area contributed by atoms with Crippen molar-refractivity contribution in [2.24, 2.45) is 5.73 Å². The lowest BCUT2D eigenvalue weighted by molar-refractivity contribution is 0.489. The van der Waals surface area contributed by atoms with Gasteiger partial charge in [0.05, 0.1) is 17.4 Å². The first-order valence-corrected chi connectivity index (χ1v) is 6.81. The van der Waals surface area contributed by atoms with Gasteiger partial charge in [0.2, 0.25) is 0 Å². The molecule has 1 atom stereocenters. The molecule has 20 heavy (non-hydrogen) atoms. The lowest BCUT2D eigenvalue weighted by atomic mass is 10.0. The minimum Gasteiger partial charge on any atom is -0.322 e. The first-order valence-electron chi connectivity index (χ1n) is 6.81. The molecule has 2 N–H and O–H groups in total. The molecule has 0 aliphatic heterocycles. The summed E-state index contributed by atoms with van der Waals surface area (Å²) >= 11 is 0. The summed E-state index contributed by atoms with van der Waals surface area (Å²) in [7, 11) is 0. The molecule has 0 saturated heterocycles. The average molecular weight is 279 g/mol. The van der Waals surface area contributed by atoms with Crippen LogP contribution in [0.4, 0.5) is 8.78 Å². The van der Waals surface area contributed by atoms with Gasteiger partial charge in [-0.25, -0.2) is 8.78 Å². The van der Waals surface area contributed by atoms with Crippen molar-refractivity contribution in [3.05, 3.63) is 52.9 Å². The summed E-state index contributed by atoms with van der Waals surface area (Å²) < 4.78 is 28.7. The van der Waals surface area contributed by atoms with E-state index in [1.807, 2.05) is 24.6 Å². The quantitative estimate of drug-likeness (QED) is 0.914. The van der Waals surface area contributed by atoms with Crippen LogP contribution in [0.2, 0.25) is 0 Å². The maximum absolute atomic E-state index is 13.7. The fraction of sp³-hybridized carbons (Fsp3) is 0.400. The molecule has 5 heteroatoms. The first-order chi connectivity index (χ1) is 9.56. The summed E-state index contributed by atoms with van der Waals surface area (Å²) in [6, 6.07) is 5.70. The Bertz CT molecular complexity index is 593. The molecule has 0 radical (unpaired) electrons. The van der Waals surface area contributed by atoms with Crippen LogP contribution < -0.4 is 5.73 Å². The van der Waals surface area contributed by atoms with Gasteiger partial charge in [-0.15, -0.1) is 0 Å². The number of nitrogens with zero attached hydrogens (tertiary/aromatic N) is 2. The van der Waals surface area contributed by atoms with Crippen molar-refractivity contribution in [3.8, 4) is 0 Å². The summed E-state index contributed by atoms with van der Waals surface area (Å²) in [5, 5.41) is 4.42. The molecule has 0 aliphatic rings. The van der Waals surface area contributed by atoms with E-state index >= 15 is 0 Å². The molecule has 1 aromatic heterocycles. The molecule has 0 fully saturated rings. The van der Waals surface area contributed by atoms with Crippen molar-refractivity contribution in [3.63, 3.8) is 0 Å². The van der Waals surface area contributed by atoms with Crippen LogP contribution in [0.3, 0.4) is 0 Å². The molecule has 1 aromatic carbocycles. The fourth-order valence-electron chi connectivity index (χ4n) is 2.26. The van der Waals surface area contributed by atoms with Crippen LogP contribution in [0.5, 0.6) is 0 Å². The van der Waals surface area contributed by atoms with E-state index in [0.717, 1.165) is 23.9 Å². The SMILES string of the molecule is CCc1cc(C(N)Cc2cccc(F)c2F)n(CC)n1. The maximum atomic E-state index is 13.7. The van der Waals surface area contributed by atoms with E-state index in [1.54, 1.807) is 6.07 Å². The highest BCUT2D eigenvalue weighted by molar-refractivity contribution is 5.23. The Morgan fingerprint density at radius 2 is 2.05 bits per heavy atom. The van der Waals surface area contributed by atoms with Crippen molar-refractivity contribution in [2.45, 2.75) is 39.3 Å². The molecule has 108 valence electrons. The zero-order valence-corrected chi connectivity index (χ0v) is 11.7. The second-order valence-corrected chi connectivity index (χ2v) is 4.75. The van der Waals surface area contributed by atoms with Crippen molar-refractivity contribution in [2.75, 3.05) is 0 Å². The first kappa shape index (κ1) is 14.7. The van der Waals surface area contributed by atoms with Gasteiger partial charge in [-0.3, -0.25) is 4.68 Å². The number of hydrogen-bond acceptors (Lipinski definition) is 2. The van der Waals surface area contributed by atoms with Gasteiger partial charge in [0.15, 0.2) is 11.6 Å². The van der Waals surface area contributed by atoms with Crippen LogP contribution in [0.15, 0.2) is 24.3 Å². The molecule has 0 saturated carbocycles. The zero-order chi connectivity index (χ0) is 14.7. The third-order valence-electron chi connectivity index (χ3n) is 3.37. The van der Waals surface area contributed by atoms with Gasteiger partial charge in [0.25, 0.3) is 0 Å². The van der Waals surface area contributed by atoms with E-state index in [-0.39, 0.29) is 6.42 Å². The van der Waals surface area contributed by atoms with Crippen molar-refractivity contribution in [1.29, 1.82) is 0 Å². The smallest absolute Gasteiger partial charge is 0.162 e. The predicted molar refractivity (Wildman–Crippen MR) is 74.3 cm³/mol. The van der Waals surface area contributed by atoms with Crippen molar-refractivity contribution >= 4 is 0 Å². The maximum Gasteiger partial charge on any atom is 0.162 e. The number of halogens is 2. The van der Waals surface area contributed by atoms with E-state index in [4.69, 9.17) is 5.73 Å². The molecule has 3 nitrogen and oxygen atoms in total. The largest absolute Gasteiger partial charge is 0.322 e. The van der Waals surface area contributed by atoms with Gasteiger partial charge in [0, 0.05) is 6.54 Å². The number of benzene rings is 1. The lowest BCUT2D eigenvalue weighted by Gasteiger charge is -2.14. The van der Waals surface area contributed by atoms with Crippen LogP contribution in [0.1, 0.15) is 36.8 Å². The van der Waals surface area contributed by atoms with Crippen LogP contribution >= 0.6 is 0 Å². The topological polar surface area (TPSA) is 43.8 Å². The van der Waals surface area contributed by atoms with E-state index < -0.39 is 17.7 Å². The van der Waals surface area contributed by atoms with Crippen LogP contribution in [-0.2, 0) is 19.4 Å². The summed E-state index contributed by atoms with van der Waals surface area (Å²) in [6.45, 7) is 4.70. The molecule has 1 unspecified atom stereocenters. The molecule has 0 amide bonds. The van der Waals surface area contributed by atoms with E-state index in [9.17, 15) is 8.78 Å². The molecule has 0 aliphatic carbocycles. The normalized spacial score (nSPS) is 12.7. The van der Waals surface area contributed by atoms with E-state index in [1.165, 1.54) is 6.07 Å². The summed E-state index contributed by atoms with van der Waals surface area (Å²) in [4.78, 5) is 0. The van der Waals surface area contributed by atoms with Crippen LogP contribution in [-0.4, -0.2) is 9.78 Å². The standard InChI is InChI=1S/C15H19F2N3/c1-3-11-9-14(20(4-2)19-11)13(18)8-10-6-5-7-12(16)15(10)17/h5-7,9,13H,3-4,8,18H2,1-2H3. The summed E-state index contributed by atoms with van der Waals surface area (Å²) in [5.74, 6) is -1.66. The number of aromatic nitrogens is 2. The number of nitrogens with two attached hydrogens (primary N) is 1. The molecule has 0 spiro atoms. The Balaban J connectivity index is 2.25. The third-order valence-corrected chi connectivity index (χ3v) is 3.37. The van der Waals surface area contributed by atoms with Crippen molar-refractivity contribution in [1.82, 2.24) is 9.78 Å². The highest BCUT2D eigenvalue weighted by atomic mass is 19.2. The van der Waals surface area contributed by atoms with Gasteiger partial charge < -0.3 is 5.73 Å². The minimum absolute atomic E-state index is 0.248. The molecule has 2 rings (SSSR count). The zero-order valence-electron chi connectivity index (χ0n) is 11.7. The molecule has 0 bridgehead atoms. The fourth-order valence-corrected chi connectivity index (χ4v) is 2.26. The molecular weight excluding hydrogens is 260 g/mol. The van der Waals surface area contributed by atoms with E-state index in [0.29, 0.717) is 12.1 Å². The van der Waals surface area contributed by atoms with Crippen LogP contribution in [0.25, 0.3) is 0 Å². The molecule has 1 heterocycles. The molecule has 2 aromatic rings. The van der Waals surface area contributed by atoms with Gasteiger partial charge >= 0.3 is 0 Å². The second kappa shape index (κ2) is 6.13. The summed E-state index contributed by atoms with van der Waals surface area (Å²) in [6.07, 6.45) is 1.07. The van der Waals surface area contributed by atoms with Gasteiger partial charge in [-0.1, -0.05) is 19.1 Å². The van der Waals surface area contributed by atoms with Gasteiger partial charge in [-0.2, -0.15) is 5.10 Å². The number of aryl methyl sites for hydroxylation is 2. The van der Waals surface area contributed by atoms with Crippen molar-refractivity contribution < 1.29 is 8.78 Å².